The van der Waals surface area contributed by atoms with E-state index >= 15 is 0 Å². The van der Waals surface area contributed by atoms with Gasteiger partial charge in [-0.3, -0.25) is 9.28 Å². The molecule has 1 unspecified atom stereocenters. The van der Waals surface area contributed by atoms with Crippen molar-refractivity contribution in [2.24, 2.45) is 5.92 Å². The van der Waals surface area contributed by atoms with Gasteiger partial charge in [0, 0.05) is 29.0 Å². The highest BCUT2D eigenvalue weighted by Crippen LogP contribution is 2.40. The van der Waals surface area contributed by atoms with E-state index in [0.717, 1.165) is 46.0 Å². The van der Waals surface area contributed by atoms with E-state index in [1.165, 1.54) is 12.8 Å². The molecule has 0 N–H and O–H groups in total. The van der Waals surface area contributed by atoms with Crippen LogP contribution in [0.3, 0.4) is 0 Å². The van der Waals surface area contributed by atoms with Crippen molar-refractivity contribution in [1.29, 1.82) is 0 Å². The molecule has 3 fully saturated rings. The van der Waals surface area contributed by atoms with Crippen LogP contribution < -0.4 is 4.74 Å². The summed E-state index contributed by atoms with van der Waals surface area (Å²) in [7, 11) is 0. The van der Waals surface area contributed by atoms with Gasteiger partial charge in [-0.05, 0) is 40.9 Å². The number of nitrogens with zero attached hydrogens (tertiary/aromatic N) is 1. The fourth-order valence-corrected chi connectivity index (χ4v) is 6.78. The largest absolute Gasteiger partial charge is 0.488 e. The predicted octanol–water partition coefficient (Wildman–Crippen LogP) is 5.52. The zero-order chi connectivity index (χ0) is 21.1. The van der Waals surface area contributed by atoms with Gasteiger partial charge in [-0.2, -0.15) is 0 Å². The van der Waals surface area contributed by atoms with E-state index in [9.17, 15) is 4.79 Å². The second kappa shape index (κ2) is 9.15. The fraction of sp³-hybridized carbons (Fsp3) is 0.400. The number of esters is 1. The van der Waals surface area contributed by atoms with Crippen LogP contribution in [0.25, 0.3) is 0 Å². The molecular weight excluding hydrogens is 426 g/mol. The maximum atomic E-state index is 13.5. The number of ether oxygens (including phenoxy) is 2. The first-order valence-corrected chi connectivity index (χ1v) is 12.8. The van der Waals surface area contributed by atoms with E-state index < -0.39 is 0 Å². The lowest BCUT2D eigenvalue weighted by atomic mass is 9.84. The van der Waals surface area contributed by atoms with Crippen LogP contribution in [0.1, 0.15) is 34.9 Å². The van der Waals surface area contributed by atoms with E-state index in [2.05, 4.69) is 0 Å². The standard InChI is InChI=1S/C25H28NO3S2/c27-25(24(21-8-4-16-30-21)22-9-5-17-31-22)29-23-18-19-10-12-26(23,13-11-19)14-15-28-20-6-2-1-3-7-20/h1-9,16-17,19,23-24H,10-15,18H2/q+1. The second-order valence-corrected chi connectivity index (χ2v) is 10.5. The summed E-state index contributed by atoms with van der Waals surface area (Å²) in [6.07, 6.45) is 3.34. The van der Waals surface area contributed by atoms with Crippen molar-refractivity contribution in [3.05, 3.63) is 75.1 Å². The van der Waals surface area contributed by atoms with Crippen molar-refractivity contribution in [2.75, 3.05) is 26.2 Å². The van der Waals surface area contributed by atoms with Crippen molar-refractivity contribution in [3.8, 4) is 5.75 Å². The molecule has 31 heavy (non-hydrogen) atoms. The first-order chi connectivity index (χ1) is 15.2. The molecule has 2 bridgehead atoms. The summed E-state index contributed by atoms with van der Waals surface area (Å²) >= 11 is 3.25. The number of carbonyl (C=O) groups excluding carboxylic acids is 1. The van der Waals surface area contributed by atoms with Gasteiger partial charge in [0.15, 0.2) is 0 Å². The molecule has 0 saturated carbocycles. The summed E-state index contributed by atoms with van der Waals surface area (Å²) in [4.78, 5) is 15.6. The first-order valence-electron chi connectivity index (χ1n) is 11.0. The normalized spacial score (nSPS) is 24.9. The van der Waals surface area contributed by atoms with Crippen LogP contribution in [-0.2, 0) is 9.53 Å². The summed E-state index contributed by atoms with van der Waals surface area (Å²) in [5, 5.41) is 4.06. The van der Waals surface area contributed by atoms with Gasteiger partial charge in [0.1, 0.15) is 24.8 Å². The van der Waals surface area contributed by atoms with Crippen molar-refractivity contribution >= 4 is 28.6 Å². The van der Waals surface area contributed by atoms with E-state index in [1.54, 1.807) is 22.7 Å². The third-order valence-corrected chi connectivity index (χ3v) is 8.68. The summed E-state index contributed by atoms with van der Waals surface area (Å²) in [6, 6.07) is 18.1. The number of quaternary nitrogens is 1. The Morgan fingerprint density at radius 1 is 0.968 bits per heavy atom. The molecule has 3 saturated heterocycles. The van der Waals surface area contributed by atoms with Crippen LogP contribution in [0.5, 0.6) is 5.75 Å². The number of fused-ring (bicyclic) bond motifs is 3. The second-order valence-electron chi connectivity index (χ2n) is 8.59. The van der Waals surface area contributed by atoms with E-state index in [-0.39, 0.29) is 18.1 Å². The molecule has 4 nitrogen and oxygen atoms in total. The third kappa shape index (κ3) is 4.43. The molecule has 1 atom stereocenters. The molecule has 6 heteroatoms. The molecule has 0 aliphatic carbocycles. The van der Waals surface area contributed by atoms with Crippen molar-refractivity contribution < 1.29 is 18.8 Å². The topological polar surface area (TPSA) is 35.5 Å². The highest BCUT2D eigenvalue weighted by atomic mass is 32.1. The number of rotatable bonds is 8. The molecule has 3 aromatic rings. The maximum absolute atomic E-state index is 13.5. The number of para-hydroxylation sites is 1. The van der Waals surface area contributed by atoms with Crippen LogP contribution in [0.4, 0.5) is 0 Å². The van der Waals surface area contributed by atoms with Crippen molar-refractivity contribution in [2.45, 2.75) is 31.4 Å². The van der Waals surface area contributed by atoms with E-state index in [4.69, 9.17) is 9.47 Å². The number of piperidine rings is 3. The van der Waals surface area contributed by atoms with Gasteiger partial charge in [-0.15, -0.1) is 22.7 Å². The zero-order valence-electron chi connectivity index (χ0n) is 17.5. The summed E-state index contributed by atoms with van der Waals surface area (Å²) in [5.41, 5.74) is 0. The Balaban J connectivity index is 1.31. The molecule has 162 valence electrons. The molecule has 0 amide bonds. The number of hydrogen-bond acceptors (Lipinski definition) is 5. The lowest BCUT2D eigenvalue weighted by Crippen LogP contribution is -2.66. The van der Waals surface area contributed by atoms with Gasteiger partial charge in [-0.25, -0.2) is 0 Å². The molecule has 0 spiro atoms. The van der Waals surface area contributed by atoms with Crippen LogP contribution in [-0.4, -0.2) is 42.9 Å². The molecule has 5 heterocycles. The highest BCUT2D eigenvalue weighted by Gasteiger charge is 2.50. The number of hydrogen-bond donors (Lipinski definition) is 0. The van der Waals surface area contributed by atoms with Gasteiger partial charge >= 0.3 is 5.97 Å². The minimum atomic E-state index is -0.317. The Morgan fingerprint density at radius 3 is 2.26 bits per heavy atom. The Kier molecular flexibility index (Phi) is 6.12. The smallest absolute Gasteiger partial charge is 0.324 e. The minimum Gasteiger partial charge on any atom is -0.488 e. The highest BCUT2D eigenvalue weighted by molar-refractivity contribution is 7.11. The molecule has 1 aromatic carbocycles. The van der Waals surface area contributed by atoms with Crippen LogP contribution in [0.15, 0.2) is 65.4 Å². The number of benzene rings is 1. The predicted molar refractivity (Wildman–Crippen MR) is 125 cm³/mol. The van der Waals surface area contributed by atoms with Gasteiger partial charge in [0.05, 0.1) is 13.1 Å². The molecule has 3 aliphatic heterocycles. The van der Waals surface area contributed by atoms with Crippen LogP contribution >= 0.6 is 22.7 Å². The van der Waals surface area contributed by atoms with Gasteiger partial charge in [-0.1, -0.05) is 30.3 Å². The Bertz CT molecular complexity index is 929. The molecule has 2 aromatic heterocycles. The quantitative estimate of drug-likeness (QED) is 0.332. The lowest BCUT2D eigenvalue weighted by Gasteiger charge is -2.53. The van der Waals surface area contributed by atoms with Crippen molar-refractivity contribution in [3.63, 3.8) is 0 Å². The summed E-state index contributed by atoms with van der Waals surface area (Å²) in [6.45, 7) is 3.66. The summed E-state index contributed by atoms with van der Waals surface area (Å²) in [5.74, 6) is 1.15. The average molecular weight is 455 g/mol. The van der Waals surface area contributed by atoms with Crippen LogP contribution in [0.2, 0.25) is 0 Å². The first kappa shape index (κ1) is 20.7. The lowest BCUT2D eigenvalue weighted by molar-refractivity contribution is -0.984. The average Bonchev–Trinajstić information content (AvgIpc) is 3.51. The number of thiophene rings is 2. The van der Waals surface area contributed by atoms with Crippen LogP contribution in [0, 0.1) is 5.92 Å². The van der Waals surface area contributed by atoms with Gasteiger partial charge in [0.25, 0.3) is 0 Å². The molecule has 6 rings (SSSR count). The maximum Gasteiger partial charge on any atom is 0.324 e. The fourth-order valence-electron chi connectivity index (χ4n) is 5.04. The molecule has 0 radical (unpaired) electrons. The van der Waals surface area contributed by atoms with Crippen molar-refractivity contribution in [1.82, 2.24) is 0 Å². The third-order valence-electron chi connectivity index (χ3n) is 6.80. The monoisotopic (exact) mass is 454 g/mol. The van der Waals surface area contributed by atoms with E-state index in [0.29, 0.717) is 12.5 Å². The molecule has 3 aliphatic rings. The number of carbonyl (C=O) groups is 1. The Labute approximate surface area is 191 Å². The molecular formula is C25H28NO3S2+. The summed E-state index contributed by atoms with van der Waals surface area (Å²) < 4.78 is 13.2. The van der Waals surface area contributed by atoms with E-state index in [1.807, 2.05) is 65.4 Å². The zero-order valence-corrected chi connectivity index (χ0v) is 19.2. The van der Waals surface area contributed by atoms with Gasteiger partial charge < -0.3 is 9.47 Å². The Hall–Kier alpha value is -2.15. The Morgan fingerprint density at radius 2 is 1.65 bits per heavy atom. The van der Waals surface area contributed by atoms with Gasteiger partial charge in [0.2, 0.25) is 6.23 Å². The SMILES string of the molecule is O=C(OC1CC2CC[N+]1(CCOc1ccccc1)CC2)C(c1cccs1)c1cccs1. The minimum absolute atomic E-state index is 0.0678.